The van der Waals surface area contributed by atoms with Gasteiger partial charge in [-0.1, -0.05) is 31.8 Å². The number of ether oxygens (including phenoxy) is 1. The quantitative estimate of drug-likeness (QED) is 0.264. The van der Waals surface area contributed by atoms with E-state index in [1.165, 1.54) is 0 Å². The van der Waals surface area contributed by atoms with Gasteiger partial charge in [-0.2, -0.15) is 0 Å². The Hall–Kier alpha value is -1.26. The third-order valence-corrected chi connectivity index (χ3v) is 4.08. The molecular formula is C13H24N4O2. The number of carbonyl (C=O) groups is 1. The molecule has 0 saturated heterocycles. The zero-order valence-electron chi connectivity index (χ0n) is 12.1. The highest BCUT2D eigenvalue weighted by Crippen LogP contribution is 2.44. The highest BCUT2D eigenvalue weighted by molar-refractivity contribution is 5.82. The molecule has 1 aliphatic rings. The molecule has 0 radical (unpaired) electrons. The largest absolute Gasteiger partial charge is 0.465 e. The molecule has 0 aromatic rings. The second kappa shape index (κ2) is 6.78. The lowest BCUT2D eigenvalue weighted by Crippen LogP contribution is -2.64. The standard InChI is InChI=1S/C13H24N4O2/c1-4-19-11(18)13(15-9-10-16-17-14)8-6-5-7-12(13,2)3/h15H,4-10H2,1-3H3. The highest BCUT2D eigenvalue weighted by Gasteiger charge is 2.52. The zero-order valence-corrected chi connectivity index (χ0v) is 12.1. The van der Waals surface area contributed by atoms with Crippen molar-refractivity contribution in [2.75, 3.05) is 19.7 Å². The molecule has 1 unspecified atom stereocenters. The van der Waals surface area contributed by atoms with E-state index in [0.717, 1.165) is 25.7 Å². The fraction of sp³-hybridized carbons (Fsp3) is 0.923. The second-order valence-electron chi connectivity index (χ2n) is 5.60. The summed E-state index contributed by atoms with van der Waals surface area (Å²) >= 11 is 0. The predicted octanol–water partition coefficient (Wildman–Crippen LogP) is 2.79. The van der Waals surface area contributed by atoms with Crippen molar-refractivity contribution in [1.29, 1.82) is 0 Å². The van der Waals surface area contributed by atoms with Crippen LogP contribution in [0.1, 0.15) is 46.5 Å². The van der Waals surface area contributed by atoms with E-state index in [1.807, 2.05) is 6.92 Å². The first-order valence-electron chi connectivity index (χ1n) is 6.93. The number of carbonyl (C=O) groups excluding carboxylic acids is 1. The Morgan fingerprint density at radius 1 is 1.42 bits per heavy atom. The van der Waals surface area contributed by atoms with Crippen LogP contribution in [0, 0.1) is 5.41 Å². The van der Waals surface area contributed by atoms with Gasteiger partial charge in [0.2, 0.25) is 0 Å². The van der Waals surface area contributed by atoms with Crippen molar-refractivity contribution in [1.82, 2.24) is 5.32 Å². The third-order valence-electron chi connectivity index (χ3n) is 4.08. The van der Waals surface area contributed by atoms with E-state index >= 15 is 0 Å². The van der Waals surface area contributed by atoms with Crippen LogP contribution in [0.5, 0.6) is 0 Å². The van der Waals surface area contributed by atoms with E-state index < -0.39 is 5.54 Å². The Morgan fingerprint density at radius 3 is 2.68 bits per heavy atom. The van der Waals surface area contributed by atoms with Crippen LogP contribution in [0.2, 0.25) is 0 Å². The molecule has 0 aliphatic heterocycles. The Balaban J connectivity index is 2.88. The molecule has 0 aromatic carbocycles. The van der Waals surface area contributed by atoms with Gasteiger partial charge in [0, 0.05) is 18.0 Å². The molecule has 19 heavy (non-hydrogen) atoms. The summed E-state index contributed by atoms with van der Waals surface area (Å²) in [5, 5.41) is 6.81. The lowest BCUT2D eigenvalue weighted by molar-refractivity contribution is -0.159. The summed E-state index contributed by atoms with van der Waals surface area (Å²) in [6.07, 6.45) is 3.90. The summed E-state index contributed by atoms with van der Waals surface area (Å²) in [6.45, 7) is 7.24. The first-order chi connectivity index (χ1) is 9.00. The SMILES string of the molecule is CCOC(=O)C1(NCCN=[N+]=[N-])CCCCC1(C)C. The average molecular weight is 268 g/mol. The Morgan fingerprint density at radius 2 is 2.11 bits per heavy atom. The highest BCUT2D eigenvalue weighted by atomic mass is 16.5. The Bertz CT molecular complexity index is 364. The maximum atomic E-state index is 12.4. The van der Waals surface area contributed by atoms with Crippen molar-refractivity contribution < 1.29 is 9.53 Å². The van der Waals surface area contributed by atoms with E-state index in [2.05, 4.69) is 29.2 Å². The molecule has 0 aromatic heterocycles. The molecule has 108 valence electrons. The van der Waals surface area contributed by atoms with Gasteiger partial charge in [0.25, 0.3) is 0 Å². The maximum Gasteiger partial charge on any atom is 0.326 e. The average Bonchev–Trinajstić information content (AvgIpc) is 2.36. The first-order valence-corrected chi connectivity index (χ1v) is 6.93. The number of hydrogen-bond donors (Lipinski definition) is 1. The molecule has 1 rings (SSSR count). The maximum absolute atomic E-state index is 12.4. The van der Waals surface area contributed by atoms with Gasteiger partial charge in [0.15, 0.2) is 0 Å². The molecule has 1 aliphatic carbocycles. The predicted molar refractivity (Wildman–Crippen MR) is 73.6 cm³/mol. The van der Waals surface area contributed by atoms with Gasteiger partial charge >= 0.3 is 5.97 Å². The number of nitrogens with one attached hydrogen (secondary N) is 1. The van der Waals surface area contributed by atoms with Crippen LogP contribution in [0.25, 0.3) is 10.4 Å². The first kappa shape index (κ1) is 15.8. The topological polar surface area (TPSA) is 87.1 Å². The summed E-state index contributed by atoms with van der Waals surface area (Å²) in [4.78, 5) is 15.1. The van der Waals surface area contributed by atoms with Crippen LogP contribution in [0.3, 0.4) is 0 Å². The monoisotopic (exact) mass is 268 g/mol. The molecule has 1 N–H and O–H groups in total. The number of esters is 1. The van der Waals surface area contributed by atoms with Crippen molar-refractivity contribution >= 4 is 5.97 Å². The molecule has 6 nitrogen and oxygen atoms in total. The van der Waals surface area contributed by atoms with Gasteiger partial charge in [-0.05, 0) is 30.7 Å². The Labute approximate surface area is 114 Å². The van der Waals surface area contributed by atoms with Crippen LogP contribution in [-0.4, -0.2) is 31.2 Å². The van der Waals surface area contributed by atoms with Crippen LogP contribution in [-0.2, 0) is 9.53 Å². The number of hydrogen-bond acceptors (Lipinski definition) is 4. The van der Waals surface area contributed by atoms with E-state index in [-0.39, 0.29) is 11.4 Å². The number of azide groups is 1. The fourth-order valence-corrected chi connectivity index (χ4v) is 2.91. The second-order valence-corrected chi connectivity index (χ2v) is 5.60. The van der Waals surface area contributed by atoms with Gasteiger partial charge < -0.3 is 10.1 Å². The van der Waals surface area contributed by atoms with E-state index in [4.69, 9.17) is 10.3 Å². The zero-order chi connectivity index (χ0) is 14.4. The van der Waals surface area contributed by atoms with Crippen molar-refractivity contribution in [2.45, 2.75) is 52.0 Å². The summed E-state index contributed by atoms with van der Waals surface area (Å²) in [5.41, 5.74) is 7.48. The summed E-state index contributed by atoms with van der Waals surface area (Å²) < 4.78 is 5.27. The van der Waals surface area contributed by atoms with Crippen LogP contribution in [0.4, 0.5) is 0 Å². The van der Waals surface area contributed by atoms with Crippen molar-refractivity contribution in [3.05, 3.63) is 10.4 Å². The molecule has 1 atom stereocenters. The van der Waals surface area contributed by atoms with Crippen molar-refractivity contribution in [3.8, 4) is 0 Å². The minimum Gasteiger partial charge on any atom is -0.465 e. The number of rotatable bonds is 6. The molecule has 0 amide bonds. The smallest absolute Gasteiger partial charge is 0.326 e. The van der Waals surface area contributed by atoms with Crippen molar-refractivity contribution in [3.63, 3.8) is 0 Å². The molecule has 1 fully saturated rings. The molecule has 6 heteroatoms. The van der Waals surface area contributed by atoms with E-state index in [9.17, 15) is 4.79 Å². The van der Waals surface area contributed by atoms with Crippen molar-refractivity contribution in [2.24, 2.45) is 10.5 Å². The van der Waals surface area contributed by atoms with Crippen LogP contribution < -0.4 is 5.32 Å². The molecule has 0 spiro atoms. The molecule has 1 saturated carbocycles. The van der Waals surface area contributed by atoms with Gasteiger partial charge in [0.05, 0.1) is 6.61 Å². The van der Waals surface area contributed by atoms with E-state index in [0.29, 0.717) is 19.7 Å². The van der Waals surface area contributed by atoms with Gasteiger partial charge in [-0.3, -0.25) is 4.79 Å². The summed E-state index contributed by atoms with van der Waals surface area (Å²) in [5.74, 6) is -0.180. The third kappa shape index (κ3) is 3.39. The molecule has 0 heterocycles. The minimum absolute atomic E-state index is 0.159. The lowest BCUT2D eigenvalue weighted by atomic mass is 9.63. The van der Waals surface area contributed by atoms with E-state index in [1.54, 1.807) is 0 Å². The molecule has 0 bridgehead atoms. The summed E-state index contributed by atoms with van der Waals surface area (Å²) in [7, 11) is 0. The van der Waals surface area contributed by atoms with Gasteiger partial charge in [-0.15, -0.1) is 0 Å². The Kier molecular flexibility index (Phi) is 5.63. The van der Waals surface area contributed by atoms with Gasteiger partial charge in [0.1, 0.15) is 5.54 Å². The van der Waals surface area contributed by atoms with Crippen LogP contribution in [0.15, 0.2) is 5.11 Å². The lowest BCUT2D eigenvalue weighted by Gasteiger charge is -2.48. The van der Waals surface area contributed by atoms with Gasteiger partial charge in [-0.25, -0.2) is 0 Å². The summed E-state index contributed by atoms with van der Waals surface area (Å²) in [6, 6.07) is 0. The molecular weight excluding hydrogens is 244 g/mol. The minimum atomic E-state index is -0.660. The fourth-order valence-electron chi connectivity index (χ4n) is 2.91. The van der Waals surface area contributed by atoms with Crippen LogP contribution >= 0.6 is 0 Å². The number of nitrogens with zero attached hydrogens (tertiary/aromatic N) is 3. The normalized spacial score (nSPS) is 25.4.